The molecule has 0 atom stereocenters. The third kappa shape index (κ3) is 3.19. The lowest BCUT2D eigenvalue weighted by Gasteiger charge is -2.12. The van der Waals surface area contributed by atoms with E-state index in [2.05, 4.69) is 4.98 Å². The number of nitrogens with zero attached hydrogens (tertiary/aromatic N) is 1. The summed E-state index contributed by atoms with van der Waals surface area (Å²) in [5.74, 6) is -2.90. The second kappa shape index (κ2) is 6.79. The molecule has 0 unspecified atom stereocenters. The highest BCUT2D eigenvalue weighted by Gasteiger charge is 2.22. The fourth-order valence-corrected chi connectivity index (χ4v) is 2.79. The molecular formula is C19H14FNO5. The van der Waals surface area contributed by atoms with Crippen LogP contribution in [0.3, 0.4) is 0 Å². The zero-order valence-corrected chi connectivity index (χ0v) is 13.7. The van der Waals surface area contributed by atoms with Gasteiger partial charge in [-0.1, -0.05) is 12.1 Å². The highest BCUT2D eigenvalue weighted by Crippen LogP contribution is 2.32. The molecule has 26 heavy (non-hydrogen) atoms. The Labute approximate surface area is 147 Å². The number of methoxy groups -OCH3 is 1. The van der Waals surface area contributed by atoms with Crippen LogP contribution in [0.15, 0.2) is 42.6 Å². The number of benzene rings is 2. The van der Waals surface area contributed by atoms with E-state index in [9.17, 15) is 24.2 Å². The Morgan fingerprint density at radius 2 is 1.69 bits per heavy atom. The molecule has 0 saturated carbocycles. The molecule has 1 heterocycles. The number of aromatic nitrogens is 1. The highest BCUT2D eigenvalue weighted by atomic mass is 19.1. The largest absolute Gasteiger partial charge is 0.494 e. The summed E-state index contributed by atoms with van der Waals surface area (Å²) in [6.07, 6.45) is 1.94. The molecule has 1 aromatic heterocycles. The first kappa shape index (κ1) is 17.3. The molecule has 0 fully saturated rings. The number of carbonyl (C=O) groups is 2. The molecular weight excluding hydrogens is 341 g/mol. The maximum atomic E-state index is 13.0. The van der Waals surface area contributed by atoms with E-state index >= 15 is 0 Å². The van der Waals surface area contributed by atoms with Crippen LogP contribution >= 0.6 is 0 Å². The number of pyridine rings is 1. The summed E-state index contributed by atoms with van der Waals surface area (Å²) < 4.78 is 18.2. The predicted octanol–water partition coefficient (Wildman–Crippen LogP) is 3.37. The molecule has 3 rings (SSSR count). The monoisotopic (exact) mass is 355 g/mol. The number of carboxylic acid groups (broad SMARTS) is 2. The van der Waals surface area contributed by atoms with Crippen molar-refractivity contribution in [3.05, 3.63) is 70.7 Å². The summed E-state index contributed by atoms with van der Waals surface area (Å²) in [6.45, 7) is 0. The molecule has 6 nitrogen and oxygen atoms in total. The second-order valence-electron chi connectivity index (χ2n) is 5.66. The number of ether oxygens (including phenoxy) is 1. The minimum absolute atomic E-state index is 0.00540. The first-order chi connectivity index (χ1) is 12.4. The first-order valence-electron chi connectivity index (χ1n) is 7.61. The van der Waals surface area contributed by atoms with E-state index < -0.39 is 11.9 Å². The second-order valence-corrected chi connectivity index (χ2v) is 5.66. The van der Waals surface area contributed by atoms with Crippen molar-refractivity contribution in [2.24, 2.45) is 0 Å². The van der Waals surface area contributed by atoms with E-state index in [1.54, 1.807) is 18.2 Å². The van der Waals surface area contributed by atoms with Crippen LogP contribution < -0.4 is 4.74 Å². The molecule has 0 radical (unpaired) electrons. The van der Waals surface area contributed by atoms with Gasteiger partial charge in [-0.2, -0.15) is 0 Å². The Morgan fingerprint density at radius 1 is 1.04 bits per heavy atom. The first-order valence-corrected chi connectivity index (χ1v) is 7.61. The zero-order valence-electron chi connectivity index (χ0n) is 13.7. The van der Waals surface area contributed by atoms with E-state index in [1.807, 2.05) is 0 Å². The van der Waals surface area contributed by atoms with Crippen LogP contribution in [0.2, 0.25) is 0 Å². The van der Waals surface area contributed by atoms with Crippen LogP contribution in [-0.2, 0) is 6.42 Å². The van der Waals surface area contributed by atoms with Crippen molar-refractivity contribution < 1.29 is 28.9 Å². The van der Waals surface area contributed by atoms with Gasteiger partial charge in [0, 0.05) is 11.6 Å². The van der Waals surface area contributed by atoms with Crippen LogP contribution in [0.25, 0.3) is 10.9 Å². The molecule has 0 aliphatic heterocycles. The van der Waals surface area contributed by atoms with Crippen LogP contribution in [0.4, 0.5) is 4.39 Å². The maximum absolute atomic E-state index is 13.0. The normalized spacial score (nSPS) is 10.7. The van der Waals surface area contributed by atoms with E-state index in [4.69, 9.17) is 4.74 Å². The molecule has 132 valence electrons. The van der Waals surface area contributed by atoms with Crippen molar-refractivity contribution in [3.63, 3.8) is 0 Å². The summed E-state index contributed by atoms with van der Waals surface area (Å²) in [6, 6.07) is 8.64. The fraction of sp³-hybridized carbons (Fsp3) is 0.105. The molecule has 0 bridgehead atoms. The van der Waals surface area contributed by atoms with Gasteiger partial charge in [0.2, 0.25) is 0 Å². The van der Waals surface area contributed by atoms with Crippen molar-refractivity contribution >= 4 is 22.8 Å². The third-order valence-corrected chi connectivity index (χ3v) is 3.97. The van der Waals surface area contributed by atoms with Gasteiger partial charge >= 0.3 is 11.9 Å². The van der Waals surface area contributed by atoms with Crippen molar-refractivity contribution in [1.29, 1.82) is 0 Å². The van der Waals surface area contributed by atoms with Crippen LogP contribution in [0.5, 0.6) is 5.75 Å². The molecule has 2 aromatic carbocycles. The smallest absolute Gasteiger partial charge is 0.339 e. The number of carboxylic acids is 2. The van der Waals surface area contributed by atoms with Gasteiger partial charge in [-0.25, -0.2) is 14.0 Å². The Hall–Kier alpha value is -3.48. The lowest BCUT2D eigenvalue weighted by molar-refractivity contribution is 0.0693. The van der Waals surface area contributed by atoms with E-state index in [0.29, 0.717) is 12.0 Å². The van der Waals surface area contributed by atoms with Crippen LogP contribution in [0.1, 0.15) is 31.8 Å². The lowest BCUT2D eigenvalue weighted by atomic mass is 9.99. The Kier molecular flexibility index (Phi) is 4.53. The van der Waals surface area contributed by atoms with Gasteiger partial charge in [0.25, 0.3) is 0 Å². The quantitative estimate of drug-likeness (QED) is 0.728. The van der Waals surface area contributed by atoms with Crippen LogP contribution in [0, 0.1) is 5.82 Å². The Bertz CT molecular complexity index is 1010. The number of hydrogen-bond acceptors (Lipinski definition) is 4. The number of hydrogen-bond donors (Lipinski definition) is 2. The van der Waals surface area contributed by atoms with Crippen molar-refractivity contribution in [2.45, 2.75) is 6.42 Å². The van der Waals surface area contributed by atoms with E-state index in [0.717, 1.165) is 11.6 Å². The average Bonchev–Trinajstić information content (AvgIpc) is 2.61. The Morgan fingerprint density at radius 3 is 2.27 bits per heavy atom. The highest BCUT2D eigenvalue weighted by molar-refractivity contribution is 6.09. The number of fused-ring (bicyclic) bond motifs is 1. The molecule has 2 N–H and O–H groups in total. The van der Waals surface area contributed by atoms with Gasteiger partial charge in [0.05, 0.1) is 12.7 Å². The lowest BCUT2D eigenvalue weighted by Crippen LogP contribution is -2.07. The van der Waals surface area contributed by atoms with Gasteiger partial charge in [-0.15, -0.1) is 0 Å². The maximum Gasteiger partial charge on any atom is 0.339 e. The summed E-state index contributed by atoms with van der Waals surface area (Å²) >= 11 is 0. The van der Waals surface area contributed by atoms with Gasteiger partial charge in [-0.3, -0.25) is 4.98 Å². The predicted molar refractivity (Wildman–Crippen MR) is 91.4 cm³/mol. The zero-order chi connectivity index (χ0) is 18.8. The molecule has 7 heteroatoms. The van der Waals surface area contributed by atoms with E-state index in [1.165, 1.54) is 25.4 Å². The van der Waals surface area contributed by atoms with Gasteiger partial charge in [0.1, 0.15) is 16.9 Å². The minimum Gasteiger partial charge on any atom is -0.494 e. The number of halogens is 1. The fourth-order valence-electron chi connectivity index (χ4n) is 2.79. The standard InChI is InChI=1S/C19H14FNO5/c1-26-17-15(19(24)25)8-14(18(22)23)13-7-11(9-21-16(13)17)6-10-2-4-12(20)5-3-10/h2-5,7-9H,6H2,1H3,(H,22,23)(H,24,25). The summed E-state index contributed by atoms with van der Waals surface area (Å²) in [5, 5.41) is 19.0. The SMILES string of the molecule is COc1c(C(=O)O)cc(C(=O)O)c2cc(Cc3ccc(F)cc3)cnc12. The number of aromatic carboxylic acids is 2. The topological polar surface area (TPSA) is 96.7 Å². The van der Waals surface area contributed by atoms with Gasteiger partial charge < -0.3 is 14.9 Å². The third-order valence-electron chi connectivity index (χ3n) is 3.97. The summed E-state index contributed by atoms with van der Waals surface area (Å²) in [4.78, 5) is 27.2. The molecule has 0 amide bonds. The minimum atomic E-state index is -1.30. The average molecular weight is 355 g/mol. The summed E-state index contributed by atoms with van der Waals surface area (Å²) in [7, 11) is 1.30. The van der Waals surface area contributed by atoms with Crippen molar-refractivity contribution in [3.8, 4) is 5.75 Å². The summed E-state index contributed by atoms with van der Waals surface area (Å²) in [5.41, 5.74) is 1.26. The molecule has 0 saturated heterocycles. The molecule has 0 spiro atoms. The van der Waals surface area contributed by atoms with Crippen molar-refractivity contribution in [1.82, 2.24) is 4.98 Å². The number of rotatable bonds is 5. The van der Waals surface area contributed by atoms with E-state index in [-0.39, 0.29) is 33.6 Å². The van der Waals surface area contributed by atoms with Gasteiger partial charge in [0.15, 0.2) is 5.75 Å². The molecule has 0 aliphatic rings. The van der Waals surface area contributed by atoms with Gasteiger partial charge in [-0.05, 0) is 41.8 Å². The molecule has 0 aliphatic carbocycles. The van der Waals surface area contributed by atoms with Crippen molar-refractivity contribution in [2.75, 3.05) is 7.11 Å². The Balaban J connectivity index is 2.17. The molecule has 3 aromatic rings. The van der Waals surface area contributed by atoms with Crippen LogP contribution in [-0.4, -0.2) is 34.2 Å².